The lowest BCUT2D eigenvalue weighted by Crippen LogP contribution is -2.43. The number of benzene rings is 1. The molecule has 1 heterocycles. The molecule has 5 heteroatoms. The standard InChI is InChI=1S/C14H19FN2O.ClH/c1-14(2,10-4-3-5-11(15)8-10)13(18)17-7-6-12(16)9-17;/h3-5,8,12H,6-7,9,16H2,1-2H3;1H/t12-;/m1./s1. The maximum absolute atomic E-state index is 13.3. The van der Waals surface area contributed by atoms with Crippen LogP contribution in [-0.4, -0.2) is 29.9 Å². The van der Waals surface area contributed by atoms with Crippen LogP contribution in [0.15, 0.2) is 24.3 Å². The largest absolute Gasteiger partial charge is 0.340 e. The van der Waals surface area contributed by atoms with Gasteiger partial charge in [0.1, 0.15) is 5.82 Å². The Bertz CT molecular complexity index is 465. The van der Waals surface area contributed by atoms with Crippen LogP contribution in [0.4, 0.5) is 4.39 Å². The van der Waals surface area contributed by atoms with Crippen molar-refractivity contribution >= 4 is 18.3 Å². The third-order valence-electron chi connectivity index (χ3n) is 3.59. The van der Waals surface area contributed by atoms with Crippen LogP contribution in [0.1, 0.15) is 25.8 Å². The van der Waals surface area contributed by atoms with E-state index in [1.54, 1.807) is 17.0 Å². The molecule has 106 valence electrons. The predicted octanol–water partition coefficient (Wildman–Crippen LogP) is 2.08. The van der Waals surface area contributed by atoms with Crippen molar-refractivity contribution in [2.45, 2.75) is 31.7 Å². The van der Waals surface area contributed by atoms with Gasteiger partial charge in [-0.25, -0.2) is 4.39 Å². The number of nitrogens with zero attached hydrogens (tertiary/aromatic N) is 1. The highest BCUT2D eigenvalue weighted by Crippen LogP contribution is 2.27. The second kappa shape index (κ2) is 5.88. The van der Waals surface area contributed by atoms with Crippen LogP contribution in [0.2, 0.25) is 0 Å². The van der Waals surface area contributed by atoms with Crippen LogP contribution >= 0.6 is 12.4 Å². The van der Waals surface area contributed by atoms with Gasteiger partial charge in [-0.3, -0.25) is 4.79 Å². The second-order valence-corrected chi connectivity index (χ2v) is 5.44. The van der Waals surface area contributed by atoms with Crippen LogP contribution in [0.5, 0.6) is 0 Å². The molecule has 0 bridgehead atoms. The SMILES string of the molecule is CC(C)(C(=O)N1CC[C@@H](N)C1)c1cccc(F)c1.Cl. The van der Waals surface area contributed by atoms with Gasteiger partial charge in [0, 0.05) is 19.1 Å². The summed E-state index contributed by atoms with van der Waals surface area (Å²) in [6.45, 7) is 4.94. The lowest BCUT2D eigenvalue weighted by Gasteiger charge is -2.29. The fourth-order valence-electron chi connectivity index (χ4n) is 2.37. The Hall–Kier alpha value is -1.13. The molecule has 1 aliphatic heterocycles. The molecule has 0 saturated carbocycles. The van der Waals surface area contributed by atoms with Crippen LogP contribution in [-0.2, 0) is 10.2 Å². The second-order valence-electron chi connectivity index (χ2n) is 5.44. The Kier molecular flexibility index (Phi) is 4.93. The van der Waals surface area contributed by atoms with Crippen molar-refractivity contribution in [2.75, 3.05) is 13.1 Å². The summed E-state index contributed by atoms with van der Waals surface area (Å²) in [5, 5.41) is 0. The number of halogens is 2. The minimum absolute atomic E-state index is 0. The summed E-state index contributed by atoms with van der Waals surface area (Å²) in [5.74, 6) is -0.299. The van der Waals surface area contributed by atoms with Gasteiger partial charge in [-0.1, -0.05) is 12.1 Å². The normalized spacial score (nSPS) is 19.2. The number of hydrogen-bond donors (Lipinski definition) is 1. The monoisotopic (exact) mass is 286 g/mol. The molecule has 2 N–H and O–H groups in total. The van der Waals surface area contributed by atoms with Gasteiger partial charge in [0.05, 0.1) is 5.41 Å². The molecule has 3 nitrogen and oxygen atoms in total. The molecular formula is C14H20ClFN2O. The van der Waals surface area contributed by atoms with Crippen LogP contribution in [0.25, 0.3) is 0 Å². The van der Waals surface area contributed by atoms with E-state index in [2.05, 4.69) is 0 Å². The summed E-state index contributed by atoms with van der Waals surface area (Å²) < 4.78 is 13.3. The van der Waals surface area contributed by atoms with E-state index in [0.717, 1.165) is 6.42 Å². The van der Waals surface area contributed by atoms with Gasteiger partial charge in [0.15, 0.2) is 0 Å². The maximum atomic E-state index is 13.3. The van der Waals surface area contributed by atoms with Crippen molar-refractivity contribution in [1.29, 1.82) is 0 Å². The number of rotatable bonds is 2. The maximum Gasteiger partial charge on any atom is 0.232 e. The van der Waals surface area contributed by atoms with Crippen LogP contribution in [0.3, 0.4) is 0 Å². The van der Waals surface area contributed by atoms with Gasteiger partial charge < -0.3 is 10.6 Å². The third kappa shape index (κ3) is 3.25. The number of nitrogens with two attached hydrogens (primary N) is 1. The van der Waals surface area contributed by atoms with E-state index in [1.807, 2.05) is 13.8 Å². The van der Waals surface area contributed by atoms with E-state index in [9.17, 15) is 9.18 Å². The zero-order valence-corrected chi connectivity index (χ0v) is 12.0. The van der Waals surface area contributed by atoms with Gasteiger partial charge >= 0.3 is 0 Å². The highest BCUT2D eigenvalue weighted by molar-refractivity contribution is 5.87. The van der Waals surface area contributed by atoms with Gasteiger partial charge in [-0.05, 0) is 38.0 Å². The number of amides is 1. The van der Waals surface area contributed by atoms with Gasteiger partial charge in [-0.15, -0.1) is 12.4 Å². The first-order valence-electron chi connectivity index (χ1n) is 6.22. The molecular weight excluding hydrogens is 267 g/mol. The Morgan fingerprint density at radius 2 is 2.16 bits per heavy atom. The average molecular weight is 287 g/mol. The molecule has 1 atom stereocenters. The quantitative estimate of drug-likeness (QED) is 0.905. The van der Waals surface area contributed by atoms with Crippen molar-refractivity contribution < 1.29 is 9.18 Å². The third-order valence-corrected chi connectivity index (χ3v) is 3.59. The molecule has 1 amide bonds. The van der Waals surface area contributed by atoms with Crippen molar-refractivity contribution in [3.8, 4) is 0 Å². The zero-order valence-electron chi connectivity index (χ0n) is 11.2. The minimum Gasteiger partial charge on any atom is -0.340 e. The van der Waals surface area contributed by atoms with E-state index < -0.39 is 5.41 Å². The summed E-state index contributed by atoms with van der Waals surface area (Å²) in [7, 11) is 0. The Labute approximate surface area is 119 Å². The molecule has 1 aliphatic rings. The summed E-state index contributed by atoms with van der Waals surface area (Å²) in [5.41, 5.74) is 5.80. The highest BCUT2D eigenvalue weighted by atomic mass is 35.5. The molecule has 1 fully saturated rings. The highest BCUT2D eigenvalue weighted by Gasteiger charge is 2.36. The fourth-order valence-corrected chi connectivity index (χ4v) is 2.37. The van der Waals surface area contributed by atoms with E-state index >= 15 is 0 Å². The topological polar surface area (TPSA) is 46.3 Å². The van der Waals surface area contributed by atoms with E-state index in [-0.39, 0.29) is 30.2 Å². The predicted molar refractivity (Wildman–Crippen MR) is 75.8 cm³/mol. The molecule has 1 aromatic rings. The molecule has 0 aliphatic carbocycles. The number of carbonyl (C=O) groups is 1. The first kappa shape index (κ1) is 15.9. The molecule has 1 saturated heterocycles. The lowest BCUT2D eigenvalue weighted by molar-refractivity contribution is -0.135. The number of likely N-dealkylation sites (tertiary alicyclic amines) is 1. The molecule has 0 radical (unpaired) electrons. The Morgan fingerprint density at radius 3 is 2.68 bits per heavy atom. The summed E-state index contributed by atoms with van der Waals surface area (Å²) in [4.78, 5) is 14.2. The van der Waals surface area contributed by atoms with Gasteiger partial charge in [0.25, 0.3) is 0 Å². The Morgan fingerprint density at radius 1 is 1.47 bits per heavy atom. The van der Waals surface area contributed by atoms with Crippen LogP contribution < -0.4 is 5.73 Å². The van der Waals surface area contributed by atoms with E-state index in [4.69, 9.17) is 5.73 Å². The number of carbonyl (C=O) groups excluding carboxylic acids is 1. The number of hydrogen-bond acceptors (Lipinski definition) is 2. The Balaban J connectivity index is 0.00000180. The molecule has 1 aromatic carbocycles. The first-order valence-corrected chi connectivity index (χ1v) is 6.22. The minimum atomic E-state index is -0.716. The molecule has 19 heavy (non-hydrogen) atoms. The van der Waals surface area contributed by atoms with E-state index in [0.29, 0.717) is 18.7 Å². The fraction of sp³-hybridized carbons (Fsp3) is 0.500. The molecule has 0 unspecified atom stereocenters. The van der Waals surface area contributed by atoms with Gasteiger partial charge in [-0.2, -0.15) is 0 Å². The summed E-state index contributed by atoms with van der Waals surface area (Å²) in [6.07, 6.45) is 0.838. The van der Waals surface area contributed by atoms with Crippen molar-refractivity contribution in [3.63, 3.8) is 0 Å². The van der Waals surface area contributed by atoms with Crippen molar-refractivity contribution in [1.82, 2.24) is 4.90 Å². The molecule has 2 rings (SSSR count). The summed E-state index contributed by atoms with van der Waals surface area (Å²) >= 11 is 0. The lowest BCUT2D eigenvalue weighted by atomic mass is 9.83. The summed E-state index contributed by atoms with van der Waals surface area (Å²) in [6, 6.07) is 6.30. The van der Waals surface area contributed by atoms with Crippen molar-refractivity contribution in [2.24, 2.45) is 5.73 Å². The zero-order chi connectivity index (χ0) is 13.3. The smallest absolute Gasteiger partial charge is 0.232 e. The molecule has 0 aromatic heterocycles. The van der Waals surface area contributed by atoms with Gasteiger partial charge in [0.2, 0.25) is 5.91 Å². The van der Waals surface area contributed by atoms with E-state index in [1.165, 1.54) is 12.1 Å². The molecule has 0 spiro atoms. The first-order chi connectivity index (χ1) is 8.41. The van der Waals surface area contributed by atoms with Crippen LogP contribution in [0, 0.1) is 5.82 Å². The average Bonchev–Trinajstić information content (AvgIpc) is 2.74. The van der Waals surface area contributed by atoms with Crippen molar-refractivity contribution in [3.05, 3.63) is 35.6 Å².